The molecule has 4 nitrogen and oxygen atoms in total. The number of hydrogen-bond acceptors (Lipinski definition) is 4. The first-order chi connectivity index (χ1) is 28.5. The molecule has 8 rings (SSSR count). The zero-order valence-corrected chi connectivity index (χ0v) is 35.2. The molecule has 0 aliphatic carbocycles. The SMILES string of the molecule is Cc1ccc(N(c2ccc(-c3ccccc3)cc2)c2cc(C(C)(C)C(C)(C)C)cc(N(c3ccc(C)cc3)c3ccc(-c4ccccc4)cn3)c2-c2ccncc2)cc1. The normalized spacial score (nSPS) is 11.6. The van der Waals surface area contributed by atoms with E-state index in [2.05, 4.69) is 227 Å². The summed E-state index contributed by atoms with van der Waals surface area (Å²) >= 11 is 0. The lowest BCUT2D eigenvalue weighted by atomic mass is 9.65. The molecule has 0 amide bonds. The lowest BCUT2D eigenvalue weighted by molar-refractivity contribution is 0.225. The molecule has 8 aromatic rings. The number of hydrogen-bond donors (Lipinski definition) is 0. The van der Waals surface area contributed by atoms with Gasteiger partial charge < -0.3 is 4.90 Å². The van der Waals surface area contributed by atoms with Gasteiger partial charge in [-0.15, -0.1) is 0 Å². The quantitative estimate of drug-likeness (QED) is 0.139. The van der Waals surface area contributed by atoms with Crippen LogP contribution in [0.15, 0.2) is 188 Å². The molecule has 0 spiro atoms. The van der Waals surface area contributed by atoms with Gasteiger partial charge in [0.25, 0.3) is 0 Å². The van der Waals surface area contributed by atoms with Crippen LogP contribution < -0.4 is 9.80 Å². The number of benzene rings is 6. The van der Waals surface area contributed by atoms with Crippen LogP contribution in [0.4, 0.5) is 34.3 Å². The predicted octanol–water partition coefficient (Wildman–Crippen LogP) is 15.4. The molecule has 0 bridgehead atoms. The summed E-state index contributed by atoms with van der Waals surface area (Å²) in [7, 11) is 0. The highest BCUT2D eigenvalue weighted by molar-refractivity contribution is 5.99. The molecule has 0 saturated heterocycles. The smallest absolute Gasteiger partial charge is 0.137 e. The first kappa shape index (κ1) is 39.1. The van der Waals surface area contributed by atoms with Crippen molar-refractivity contribution in [1.29, 1.82) is 0 Å². The Balaban J connectivity index is 1.46. The van der Waals surface area contributed by atoms with Gasteiger partial charge in [0.1, 0.15) is 5.82 Å². The Labute approximate surface area is 350 Å². The van der Waals surface area contributed by atoms with Crippen molar-refractivity contribution in [3.8, 4) is 33.4 Å². The molecule has 2 heterocycles. The molecule has 0 aliphatic rings. The first-order valence-electron chi connectivity index (χ1n) is 20.5. The molecule has 0 N–H and O–H groups in total. The fourth-order valence-electron chi connectivity index (χ4n) is 7.54. The summed E-state index contributed by atoms with van der Waals surface area (Å²) in [6, 6.07) is 61.1. The third-order valence-corrected chi connectivity index (χ3v) is 12.0. The van der Waals surface area contributed by atoms with Gasteiger partial charge in [-0.3, -0.25) is 9.88 Å². The molecule has 0 saturated carbocycles. The van der Waals surface area contributed by atoms with Crippen LogP contribution in [0.1, 0.15) is 51.3 Å². The van der Waals surface area contributed by atoms with Crippen molar-refractivity contribution < 1.29 is 0 Å². The van der Waals surface area contributed by atoms with Crippen molar-refractivity contribution >= 4 is 34.3 Å². The maximum Gasteiger partial charge on any atom is 0.137 e. The predicted molar refractivity (Wildman–Crippen MR) is 250 cm³/mol. The van der Waals surface area contributed by atoms with Crippen LogP contribution in [0.25, 0.3) is 33.4 Å². The van der Waals surface area contributed by atoms with Crippen molar-refractivity contribution in [2.45, 2.75) is 53.9 Å². The topological polar surface area (TPSA) is 32.3 Å². The Kier molecular flexibility index (Phi) is 10.7. The van der Waals surface area contributed by atoms with Gasteiger partial charge in [-0.2, -0.15) is 0 Å². The average Bonchev–Trinajstić information content (AvgIpc) is 3.26. The molecule has 0 atom stereocenters. The highest BCUT2D eigenvalue weighted by Crippen LogP contribution is 2.53. The van der Waals surface area contributed by atoms with Gasteiger partial charge in [0.2, 0.25) is 0 Å². The molecule has 0 fully saturated rings. The van der Waals surface area contributed by atoms with E-state index in [0.717, 1.165) is 56.5 Å². The zero-order chi connectivity index (χ0) is 41.1. The lowest BCUT2D eigenvalue weighted by Crippen LogP contribution is -2.34. The van der Waals surface area contributed by atoms with Crippen molar-refractivity contribution in [2.24, 2.45) is 5.41 Å². The number of anilines is 6. The van der Waals surface area contributed by atoms with Gasteiger partial charge in [-0.1, -0.05) is 143 Å². The van der Waals surface area contributed by atoms with Crippen LogP contribution in [-0.2, 0) is 5.41 Å². The molecular formula is C55H52N4. The molecule has 0 aliphatic heterocycles. The molecule has 0 radical (unpaired) electrons. The molecule has 292 valence electrons. The summed E-state index contributed by atoms with van der Waals surface area (Å²) in [6.07, 6.45) is 5.78. The maximum atomic E-state index is 5.25. The van der Waals surface area contributed by atoms with Crippen molar-refractivity contribution in [2.75, 3.05) is 9.80 Å². The molecular weight excluding hydrogens is 717 g/mol. The van der Waals surface area contributed by atoms with Crippen molar-refractivity contribution in [3.05, 3.63) is 205 Å². The molecule has 59 heavy (non-hydrogen) atoms. The zero-order valence-electron chi connectivity index (χ0n) is 35.2. The number of aryl methyl sites for hydroxylation is 2. The summed E-state index contributed by atoms with van der Waals surface area (Å²) in [5, 5.41) is 0. The van der Waals surface area contributed by atoms with E-state index in [-0.39, 0.29) is 10.8 Å². The second-order valence-electron chi connectivity index (χ2n) is 17.0. The van der Waals surface area contributed by atoms with Gasteiger partial charge in [-0.05, 0) is 125 Å². The molecule has 0 unspecified atom stereocenters. The van der Waals surface area contributed by atoms with Crippen molar-refractivity contribution in [3.63, 3.8) is 0 Å². The Morgan fingerprint density at radius 3 is 1.36 bits per heavy atom. The maximum absolute atomic E-state index is 5.25. The monoisotopic (exact) mass is 768 g/mol. The van der Waals surface area contributed by atoms with Crippen LogP contribution in [0.3, 0.4) is 0 Å². The van der Waals surface area contributed by atoms with E-state index in [0.29, 0.717) is 0 Å². The first-order valence-corrected chi connectivity index (χ1v) is 20.5. The Bertz CT molecular complexity index is 2470. The highest BCUT2D eigenvalue weighted by atomic mass is 15.2. The van der Waals surface area contributed by atoms with E-state index in [9.17, 15) is 0 Å². The van der Waals surface area contributed by atoms with E-state index in [4.69, 9.17) is 4.98 Å². The van der Waals surface area contributed by atoms with E-state index < -0.39 is 0 Å². The van der Waals surface area contributed by atoms with E-state index in [1.807, 2.05) is 24.7 Å². The standard InChI is InChI=1S/C55H52N4/c1-39-18-25-47(26-19-39)58(48-29-22-43(23-30-48)41-14-10-8-11-15-41)50-36-46(55(6,7)54(3,4)5)37-51(53(50)44-32-34-56-35-33-44)59(49-27-20-40(2)21-28-49)52-31-24-45(38-57-52)42-16-12-9-13-17-42/h8-38H,1-7H3. The van der Waals surface area contributed by atoms with Gasteiger partial charge in [0.15, 0.2) is 0 Å². The summed E-state index contributed by atoms with van der Waals surface area (Å²) in [6.45, 7) is 16.0. The van der Waals surface area contributed by atoms with E-state index in [1.165, 1.54) is 27.8 Å². The van der Waals surface area contributed by atoms with Crippen LogP contribution in [0.2, 0.25) is 0 Å². The lowest BCUT2D eigenvalue weighted by Gasteiger charge is -2.42. The Morgan fingerprint density at radius 1 is 0.424 bits per heavy atom. The minimum atomic E-state index is -0.243. The highest BCUT2D eigenvalue weighted by Gasteiger charge is 2.37. The third-order valence-electron chi connectivity index (χ3n) is 12.0. The van der Waals surface area contributed by atoms with E-state index in [1.54, 1.807) is 0 Å². The summed E-state index contributed by atoms with van der Waals surface area (Å²) in [4.78, 5) is 14.5. The minimum absolute atomic E-state index is 0.0734. The summed E-state index contributed by atoms with van der Waals surface area (Å²) < 4.78 is 0. The second kappa shape index (κ2) is 16.2. The van der Waals surface area contributed by atoms with Gasteiger partial charge in [-0.25, -0.2) is 4.98 Å². The fraction of sp³-hybridized carbons (Fsp3) is 0.164. The van der Waals surface area contributed by atoms with Gasteiger partial charge >= 0.3 is 0 Å². The molecule has 6 aromatic carbocycles. The van der Waals surface area contributed by atoms with Gasteiger partial charge in [0.05, 0.1) is 11.4 Å². The number of rotatable bonds is 10. The Hall–Kier alpha value is -6.78. The Morgan fingerprint density at radius 2 is 0.864 bits per heavy atom. The van der Waals surface area contributed by atoms with Crippen LogP contribution in [0, 0.1) is 19.3 Å². The van der Waals surface area contributed by atoms with Crippen LogP contribution in [-0.4, -0.2) is 9.97 Å². The number of nitrogens with zero attached hydrogens (tertiary/aromatic N) is 4. The molecule has 2 aromatic heterocycles. The van der Waals surface area contributed by atoms with E-state index >= 15 is 0 Å². The summed E-state index contributed by atoms with van der Waals surface area (Å²) in [5.41, 5.74) is 15.3. The van der Waals surface area contributed by atoms with Crippen LogP contribution in [0.5, 0.6) is 0 Å². The van der Waals surface area contributed by atoms with Crippen molar-refractivity contribution in [1.82, 2.24) is 9.97 Å². The summed E-state index contributed by atoms with van der Waals surface area (Å²) in [5.74, 6) is 0.828. The fourth-order valence-corrected chi connectivity index (χ4v) is 7.54. The largest absolute Gasteiger partial charge is 0.310 e. The third kappa shape index (κ3) is 8.04. The van der Waals surface area contributed by atoms with Crippen LogP contribution >= 0.6 is 0 Å². The average molecular weight is 769 g/mol. The minimum Gasteiger partial charge on any atom is -0.310 e. The second-order valence-corrected chi connectivity index (χ2v) is 17.0. The number of pyridine rings is 2. The molecule has 4 heteroatoms. The van der Waals surface area contributed by atoms with Gasteiger partial charge in [0, 0.05) is 46.8 Å². The number of aromatic nitrogens is 2.